The predicted molar refractivity (Wildman–Crippen MR) is 78.5 cm³/mol. The summed E-state index contributed by atoms with van der Waals surface area (Å²) in [6.07, 6.45) is 2.35. The average molecular weight is 456 g/mol. The van der Waals surface area contributed by atoms with Crippen molar-refractivity contribution in [2.75, 3.05) is 0 Å². The summed E-state index contributed by atoms with van der Waals surface area (Å²) >= 11 is 15.2. The lowest BCUT2D eigenvalue weighted by Gasteiger charge is -2.45. The molecule has 0 heterocycles. The van der Waals surface area contributed by atoms with Crippen LogP contribution in [0.25, 0.3) is 0 Å². The molecule has 0 nitrogen and oxygen atoms in total. The third-order valence-electron chi connectivity index (χ3n) is 3.03. The van der Waals surface area contributed by atoms with E-state index in [-0.39, 0.29) is 8.65 Å². The van der Waals surface area contributed by atoms with Gasteiger partial charge in [0, 0.05) is 18.3 Å². The van der Waals surface area contributed by atoms with Crippen LogP contribution in [0.5, 0.6) is 0 Å². The van der Waals surface area contributed by atoms with E-state index in [1.807, 2.05) is 0 Å². The number of halogens is 4. The molecule has 0 aromatic heterocycles. The van der Waals surface area contributed by atoms with Crippen LogP contribution in [0.1, 0.15) is 33.6 Å². The van der Waals surface area contributed by atoms with Crippen molar-refractivity contribution in [2.45, 2.75) is 51.9 Å². The molecule has 0 spiro atoms. The fourth-order valence-corrected chi connectivity index (χ4v) is 5.95. The molecule has 0 aliphatic heterocycles. The van der Waals surface area contributed by atoms with E-state index < -0.39 is 0 Å². The van der Waals surface area contributed by atoms with Gasteiger partial charge in [-0.3, -0.25) is 0 Å². The largest absolute Gasteiger partial charge is 0.0887 e. The fourth-order valence-electron chi connectivity index (χ4n) is 1.98. The van der Waals surface area contributed by atoms with Crippen LogP contribution in [0.4, 0.5) is 0 Å². The lowest BCUT2D eigenvalue weighted by Crippen LogP contribution is -2.46. The summed E-state index contributed by atoms with van der Waals surface area (Å²) in [7, 11) is 0. The molecule has 4 atom stereocenters. The highest BCUT2D eigenvalue weighted by atomic mass is 79.9. The molecule has 0 bridgehead atoms. The van der Waals surface area contributed by atoms with Gasteiger partial charge in [-0.2, -0.15) is 0 Å². The number of rotatable bonds is 1. The second-order valence-corrected chi connectivity index (χ2v) is 11.0. The first-order chi connectivity index (χ1) is 6.14. The highest BCUT2D eigenvalue weighted by Gasteiger charge is 2.45. The number of hydrogen-bond acceptors (Lipinski definition) is 0. The smallest absolute Gasteiger partial charge is 0.0365 e. The van der Waals surface area contributed by atoms with Crippen LogP contribution in [0, 0.1) is 5.92 Å². The Hall–Kier alpha value is 1.92. The summed E-state index contributed by atoms with van der Waals surface area (Å²) in [6, 6.07) is 0. The molecule has 0 N–H and O–H groups in total. The van der Waals surface area contributed by atoms with Crippen LogP contribution in [0.3, 0.4) is 0 Å². The molecule has 1 saturated carbocycles. The first-order valence-electron chi connectivity index (χ1n) is 4.80. The zero-order valence-corrected chi connectivity index (χ0v) is 15.0. The molecule has 4 heteroatoms. The Bertz CT molecular complexity index is 207. The van der Waals surface area contributed by atoms with Gasteiger partial charge in [0.1, 0.15) is 0 Å². The Morgan fingerprint density at radius 1 is 1.29 bits per heavy atom. The van der Waals surface area contributed by atoms with Crippen LogP contribution in [0.2, 0.25) is 0 Å². The van der Waals surface area contributed by atoms with E-state index in [2.05, 4.69) is 84.5 Å². The van der Waals surface area contributed by atoms with E-state index in [0.29, 0.717) is 15.6 Å². The van der Waals surface area contributed by atoms with Crippen molar-refractivity contribution >= 4 is 63.7 Å². The quantitative estimate of drug-likeness (QED) is 0.474. The monoisotopic (exact) mass is 452 g/mol. The van der Waals surface area contributed by atoms with E-state index in [0.717, 1.165) is 6.42 Å². The molecule has 0 radical (unpaired) electrons. The van der Waals surface area contributed by atoms with Crippen molar-refractivity contribution in [3.8, 4) is 0 Å². The molecule has 14 heavy (non-hydrogen) atoms. The molecule has 1 aliphatic rings. The molecule has 1 fully saturated rings. The Morgan fingerprint density at radius 3 is 2.21 bits per heavy atom. The molecular weight excluding hydrogens is 440 g/mol. The second-order valence-electron chi connectivity index (χ2n) is 4.87. The first kappa shape index (κ1) is 14.0. The normalized spacial score (nSPS) is 45.2. The van der Waals surface area contributed by atoms with Gasteiger partial charge < -0.3 is 0 Å². The minimum Gasteiger partial charge on any atom is -0.0887 e. The highest BCUT2D eigenvalue weighted by molar-refractivity contribution is 9.12. The SMILES string of the molecule is CC(C)(Br)[C@H]1C[C@H](Br)[C@@](C)(Br)C[C@H]1Br. The zero-order chi connectivity index (χ0) is 11.1. The topological polar surface area (TPSA) is 0 Å². The lowest BCUT2D eigenvalue weighted by atomic mass is 9.77. The molecule has 0 saturated heterocycles. The van der Waals surface area contributed by atoms with Crippen molar-refractivity contribution < 1.29 is 0 Å². The van der Waals surface area contributed by atoms with Gasteiger partial charge in [0.2, 0.25) is 0 Å². The van der Waals surface area contributed by atoms with Crippen LogP contribution < -0.4 is 0 Å². The van der Waals surface area contributed by atoms with Gasteiger partial charge in [0.05, 0.1) is 0 Å². The minimum atomic E-state index is 0.205. The Kier molecular flexibility index (Phi) is 4.65. The van der Waals surface area contributed by atoms with E-state index >= 15 is 0 Å². The maximum absolute atomic E-state index is 3.81. The third kappa shape index (κ3) is 3.21. The lowest BCUT2D eigenvalue weighted by molar-refractivity contribution is 0.303. The van der Waals surface area contributed by atoms with Crippen molar-refractivity contribution in [1.82, 2.24) is 0 Å². The molecule has 0 aromatic rings. The van der Waals surface area contributed by atoms with Crippen LogP contribution >= 0.6 is 63.7 Å². The van der Waals surface area contributed by atoms with E-state index in [1.54, 1.807) is 0 Å². The van der Waals surface area contributed by atoms with Crippen molar-refractivity contribution in [3.05, 3.63) is 0 Å². The van der Waals surface area contributed by atoms with Gasteiger partial charge in [0.25, 0.3) is 0 Å². The molecule has 1 aliphatic carbocycles. The average Bonchev–Trinajstić information content (AvgIpc) is 1.93. The molecular formula is C10H16Br4. The van der Waals surface area contributed by atoms with Crippen molar-refractivity contribution in [1.29, 1.82) is 0 Å². The van der Waals surface area contributed by atoms with Gasteiger partial charge in [0.15, 0.2) is 0 Å². The maximum Gasteiger partial charge on any atom is 0.0365 e. The summed E-state index contributed by atoms with van der Waals surface area (Å²) in [4.78, 5) is 1.13. The summed E-state index contributed by atoms with van der Waals surface area (Å²) < 4.78 is 0.423. The van der Waals surface area contributed by atoms with Gasteiger partial charge in [-0.1, -0.05) is 63.7 Å². The van der Waals surface area contributed by atoms with Crippen LogP contribution in [0.15, 0.2) is 0 Å². The highest BCUT2D eigenvalue weighted by Crippen LogP contribution is 2.49. The first-order valence-corrected chi connectivity index (χ1v) is 8.22. The van der Waals surface area contributed by atoms with E-state index in [9.17, 15) is 0 Å². The van der Waals surface area contributed by atoms with E-state index in [4.69, 9.17) is 0 Å². The molecule has 0 unspecified atom stereocenters. The predicted octanol–water partition coefficient (Wildman–Crippen LogP) is 5.25. The summed E-state index contributed by atoms with van der Waals surface area (Å²) in [5.41, 5.74) is 0. The second kappa shape index (κ2) is 4.66. The molecule has 1 rings (SSSR count). The maximum atomic E-state index is 3.81. The minimum absolute atomic E-state index is 0.205. The standard InChI is InChI=1S/C10H16Br4/c1-9(2,13)6-4-8(12)10(3,14)5-7(6)11/h6-8H,4-5H2,1-3H3/t6-,7+,8-,10-/m0/s1. The van der Waals surface area contributed by atoms with Gasteiger partial charge in [-0.05, 0) is 39.5 Å². The fraction of sp³-hybridized carbons (Fsp3) is 1.00. The summed E-state index contributed by atoms with van der Waals surface area (Å²) in [5.74, 6) is 0.664. The zero-order valence-electron chi connectivity index (χ0n) is 8.66. The van der Waals surface area contributed by atoms with Crippen LogP contribution in [-0.4, -0.2) is 18.3 Å². The van der Waals surface area contributed by atoms with Crippen molar-refractivity contribution in [3.63, 3.8) is 0 Å². The van der Waals surface area contributed by atoms with Gasteiger partial charge >= 0.3 is 0 Å². The molecule has 0 amide bonds. The summed E-state index contributed by atoms with van der Waals surface area (Å²) in [5, 5.41) is 0. The Labute approximate surface area is 120 Å². The molecule has 84 valence electrons. The Balaban J connectivity index is 2.77. The number of alkyl halides is 4. The third-order valence-corrected chi connectivity index (χ3v) is 7.45. The summed E-state index contributed by atoms with van der Waals surface area (Å²) in [6.45, 7) is 6.77. The van der Waals surface area contributed by atoms with Crippen LogP contribution in [-0.2, 0) is 0 Å². The molecule has 0 aromatic carbocycles. The van der Waals surface area contributed by atoms with Gasteiger partial charge in [-0.15, -0.1) is 0 Å². The van der Waals surface area contributed by atoms with E-state index in [1.165, 1.54) is 6.42 Å². The Morgan fingerprint density at radius 2 is 1.79 bits per heavy atom. The van der Waals surface area contributed by atoms with Crippen molar-refractivity contribution in [2.24, 2.45) is 5.92 Å². The number of hydrogen-bond donors (Lipinski definition) is 0. The van der Waals surface area contributed by atoms with Gasteiger partial charge in [-0.25, -0.2) is 0 Å².